The topological polar surface area (TPSA) is 32.3 Å². The van der Waals surface area contributed by atoms with Gasteiger partial charge in [-0.1, -0.05) is 13.8 Å². The minimum atomic E-state index is -0.296. The van der Waals surface area contributed by atoms with E-state index in [2.05, 4.69) is 5.32 Å². The van der Waals surface area contributed by atoms with Crippen molar-refractivity contribution in [1.29, 1.82) is 0 Å². The highest BCUT2D eigenvalue weighted by molar-refractivity contribution is 5.94. The highest BCUT2D eigenvalue weighted by atomic mass is 19.1. The van der Waals surface area contributed by atoms with E-state index in [1.807, 2.05) is 13.8 Å². The molecule has 0 aliphatic heterocycles. The van der Waals surface area contributed by atoms with E-state index in [9.17, 15) is 9.18 Å². The third-order valence-electron chi connectivity index (χ3n) is 2.67. The highest BCUT2D eigenvalue weighted by Crippen LogP contribution is 2.15. The molecule has 0 heterocycles. The van der Waals surface area contributed by atoms with Crippen molar-refractivity contribution in [2.75, 3.05) is 25.0 Å². The molecule has 17 heavy (non-hydrogen) atoms. The van der Waals surface area contributed by atoms with Crippen LogP contribution in [0.1, 0.15) is 13.8 Å². The molecule has 1 N–H and O–H groups in total. The van der Waals surface area contributed by atoms with Crippen LogP contribution in [0.2, 0.25) is 0 Å². The minimum absolute atomic E-state index is 0.0255. The maximum atomic E-state index is 12.8. The van der Waals surface area contributed by atoms with Gasteiger partial charge in [0, 0.05) is 25.2 Å². The number of benzene rings is 1. The molecular formula is C13H19FN2O. The monoisotopic (exact) mass is 238 g/mol. The van der Waals surface area contributed by atoms with E-state index in [1.54, 1.807) is 24.1 Å². The normalized spacial score (nSPS) is 12.2. The van der Waals surface area contributed by atoms with Crippen molar-refractivity contribution in [2.24, 2.45) is 5.92 Å². The van der Waals surface area contributed by atoms with Gasteiger partial charge < -0.3 is 10.2 Å². The number of hydrogen-bond acceptors (Lipinski definition) is 2. The first-order chi connectivity index (χ1) is 8.06. The molecule has 0 saturated carbocycles. The Morgan fingerprint density at radius 2 is 2.00 bits per heavy atom. The largest absolute Gasteiger partial charge is 0.316 e. The van der Waals surface area contributed by atoms with Gasteiger partial charge in [-0.2, -0.15) is 0 Å². The molecular weight excluding hydrogens is 219 g/mol. The molecule has 4 heteroatoms. The van der Waals surface area contributed by atoms with Crippen LogP contribution in [0, 0.1) is 11.7 Å². The first kappa shape index (κ1) is 13.6. The zero-order valence-corrected chi connectivity index (χ0v) is 10.5. The van der Waals surface area contributed by atoms with E-state index in [0.717, 1.165) is 6.54 Å². The zero-order chi connectivity index (χ0) is 12.8. The molecule has 1 atom stereocenters. The van der Waals surface area contributed by atoms with E-state index in [-0.39, 0.29) is 17.6 Å². The minimum Gasteiger partial charge on any atom is -0.316 e. The molecule has 0 radical (unpaired) electrons. The van der Waals surface area contributed by atoms with Crippen molar-refractivity contribution in [3.05, 3.63) is 30.1 Å². The van der Waals surface area contributed by atoms with E-state index in [0.29, 0.717) is 12.2 Å². The Kier molecular flexibility index (Phi) is 5.10. The summed E-state index contributed by atoms with van der Waals surface area (Å²) in [5.74, 6) is -0.363. The van der Waals surface area contributed by atoms with Crippen molar-refractivity contribution < 1.29 is 9.18 Å². The molecule has 0 fully saturated rings. The first-order valence-electron chi connectivity index (χ1n) is 5.80. The van der Waals surface area contributed by atoms with Gasteiger partial charge in [0.15, 0.2) is 0 Å². The Balaban J connectivity index is 2.65. The number of nitrogens with zero attached hydrogens (tertiary/aromatic N) is 1. The fourth-order valence-corrected chi connectivity index (χ4v) is 1.57. The molecule has 0 bridgehead atoms. The highest BCUT2D eigenvalue weighted by Gasteiger charge is 2.17. The molecule has 94 valence electrons. The van der Waals surface area contributed by atoms with Crippen LogP contribution in [0.5, 0.6) is 0 Å². The molecule has 1 unspecified atom stereocenters. The molecule has 0 spiro atoms. The number of carbonyl (C=O) groups is 1. The van der Waals surface area contributed by atoms with E-state index in [1.165, 1.54) is 12.1 Å². The number of rotatable bonds is 5. The van der Waals surface area contributed by atoms with Crippen molar-refractivity contribution >= 4 is 11.6 Å². The molecule has 0 aromatic heterocycles. The van der Waals surface area contributed by atoms with Crippen LogP contribution in [0.3, 0.4) is 0 Å². The van der Waals surface area contributed by atoms with Gasteiger partial charge in [-0.05, 0) is 30.8 Å². The van der Waals surface area contributed by atoms with Gasteiger partial charge in [-0.15, -0.1) is 0 Å². The van der Waals surface area contributed by atoms with Gasteiger partial charge in [0.25, 0.3) is 0 Å². The Hall–Kier alpha value is -1.42. The van der Waals surface area contributed by atoms with Crippen molar-refractivity contribution in [1.82, 2.24) is 5.32 Å². The summed E-state index contributed by atoms with van der Waals surface area (Å²) in [6.45, 7) is 5.38. The Morgan fingerprint density at radius 1 is 1.41 bits per heavy atom. The predicted octanol–water partition coefficient (Wildman–Crippen LogP) is 2.03. The maximum Gasteiger partial charge on any atom is 0.230 e. The smallest absolute Gasteiger partial charge is 0.230 e. The van der Waals surface area contributed by atoms with Crippen LogP contribution < -0.4 is 10.2 Å². The van der Waals surface area contributed by atoms with Crippen LogP contribution in [0.15, 0.2) is 24.3 Å². The number of hydrogen-bond donors (Lipinski definition) is 1. The van der Waals surface area contributed by atoms with Crippen LogP contribution in [0.4, 0.5) is 10.1 Å². The molecule has 3 nitrogen and oxygen atoms in total. The van der Waals surface area contributed by atoms with Gasteiger partial charge >= 0.3 is 0 Å². The Morgan fingerprint density at radius 3 is 2.53 bits per heavy atom. The molecule has 0 aliphatic carbocycles. The molecule has 1 amide bonds. The van der Waals surface area contributed by atoms with Gasteiger partial charge in [0.2, 0.25) is 5.91 Å². The maximum absolute atomic E-state index is 12.8. The van der Waals surface area contributed by atoms with E-state index in [4.69, 9.17) is 0 Å². The van der Waals surface area contributed by atoms with E-state index >= 15 is 0 Å². The summed E-state index contributed by atoms with van der Waals surface area (Å²) >= 11 is 0. The second kappa shape index (κ2) is 6.35. The fraction of sp³-hybridized carbons (Fsp3) is 0.462. The van der Waals surface area contributed by atoms with Gasteiger partial charge in [-0.3, -0.25) is 4.79 Å². The number of anilines is 1. The molecule has 1 aromatic rings. The summed E-state index contributed by atoms with van der Waals surface area (Å²) in [7, 11) is 1.71. The number of halogens is 1. The number of amides is 1. The Bertz CT molecular complexity index is 364. The number of carbonyl (C=O) groups excluding carboxylic acids is 1. The van der Waals surface area contributed by atoms with Crippen molar-refractivity contribution in [3.63, 3.8) is 0 Å². The van der Waals surface area contributed by atoms with Crippen LogP contribution in [0.25, 0.3) is 0 Å². The van der Waals surface area contributed by atoms with Gasteiger partial charge in [0.05, 0.1) is 0 Å². The van der Waals surface area contributed by atoms with Crippen LogP contribution in [-0.2, 0) is 4.79 Å². The van der Waals surface area contributed by atoms with E-state index < -0.39 is 0 Å². The molecule has 1 rings (SSSR count). The van der Waals surface area contributed by atoms with Crippen LogP contribution in [-0.4, -0.2) is 26.0 Å². The lowest BCUT2D eigenvalue weighted by molar-refractivity contribution is -0.121. The third-order valence-corrected chi connectivity index (χ3v) is 2.67. The molecule has 0 aliphatic rings. The zero-order valence-electron chi connectivity index (χ0n) is 10.5. The number of nitrogens with one attached hydrogen (secondary N) is 1. The summed E-state index contributed by atoms with van der Waals surface area (Å²) in [5.41, 5.74) is 0.708. The molecule has 1 aromatic carbocycles. The average molecular weight is 238 g/mol. The second-order valence-electron chi connectivity index (χ2n) is 4.08. The lowest BCUT2D eigenvalue weighted by Crippen LogP contribution is -2.36. The van der Waals surface area contributed by atoms with Crippen molar-refractivity contribution in [2.45, 2.75) is 13.8 Å². The summed E-state index contributed by atoms with van der Waals surface area (Å²) in [4.78, 5) is 13.6. The first-order valence-corrected chi connectivity index (χ1v) is 5.80. The standard InChI is InChI=1S/C13H19FN2O/c1-4-15-9-10(2)13(17)16(3)12-7-5-11(14)6-8-12/h5-8,10,15H,4,9H2,1-3H3. The SMILES string of the molecule is CCNCC(C)C(=O)N(C)c1ccc(F)cc1. The van der Waals surface area contributed by atoms with Gasteiger partial charge in [-0.25, -0.2) is 4.39 Å². The third kappa shape index (κ3) is 3.82. The summed E-state index contributed by atoms with van der Waals surface area (Å²) in [5, 5.41) is 3.14. The predicted molar refractivity (Wildman–Crippen MR) is 67.5 cm³/mol. The quantitative estimate of drug-likeness (QED) is 0.851. The average Bonchev–Trinajstić information content (AvgIpc) is 2.35. The summed E-state index contributed by atoms with van der Waals surface area (Å²) in [6.07, 6.45) is 0. The molecule has 0 saturated heterocycles. The van der Waals surface area contributed by atoms with Crippen LogP contribution >= 0.6 is 0 Å². The second-order valence-corrected chi connectivity index (χ2v) is 4.08. The fourth-order valence-electron chi connectivity index (χ4n) is 1.57. The summed E-state index contributed by atoms with van der Waals surface area (Å²) < 4.78 is 12.8. The Labute approximate surface area is 102 Å². The lowest BCUT2D eigenvalue weighted by atomic mass is 10.1. The lowest BCUT2D eigenvalue weighted by Gasteiger charge is -2.21. The summed E-state index contributed by atoms with van der Waals surface area (Å²) in [6, 6.07) is 5.92. The van der Waals surface area contributed by atoms with Gasteiger partial charge in [0.1, 0.15) is 5.82 Å². The van der Waals surface area contributed by atoms with Crippen molar-refractivity contribution in [3.8, 4) is 0 Å².